The fraction of sp³-hybridized carbons (Fsp3) is 0.286. The molecule has 0 aliphatic rings. The summed E-state index contributed by atoms with van der Waals surface area (Å²) in [6.07, 6.45) is 0. The molecular weight excluding hydrogens is 618 g/mol. The van der Waals surface area contributed by atoms with E-state index >= 15 is 0 Å². The van der Waals surface area contributed by atoms with E-state index in [1.165, 1.54) is 23.5 Å². The number of aryl methyl sites for hydroxylation is 2. The number of ether oxygens (including phenoxy) is 2. The van der Waals surface area contributed by atoms with Gasteiger partial charge >= 0.3 is 19.5 Å². The first-order chi connectivity index (χ1) is 19.0. The van der Waals surface area contributed by atoms with Crippen molar-refractivity contribution in [2.45, 2.75) is 36.0 Å². The number of methoxy groups -OCH3 is 2. The summed E-state index contributed by atoms with van der Waals surface area (Å²) in [5, 5.41) is 24.7. The van der Waals surface area contributed by atoms with Crippen LogP contribution in [0.5, 0.6) is 11.5 Å². The molecule has 2 aromatic carbocycles. The van der Waals surface area contributed by atoms with Gasteiger partial charge < -0.3 is 40.7 Å². The van der Waals surface area contributed by atoms with Crippen LogP contribution < -0.4 is 31.2 Å². The van der Waals surface area contributed by atoms with Gasteiger partial charge in [0.2, 0.25) is 0 Å². The van der Waals surface area contributed by atoms with E-state index in [-0.39, 0.29) is 31.0 Å². The van der Waals surface area contributed by atoms with Crippen molar-refractivity contribution in [2.24, 2.45) is 11.5 Å². The molecule has 2 aromatic heterocycles. The van der Waals surface area contributed by atoms with Gasteiger partial charge in [0.15, 0.2) is 0 Å². The molecule has 4 aromatic rings. The maximum atomic E-state index is 10.6. The van der Waals surface area contributed by atoms with E-state index in [1.54, 1.807) is 14.2 Å². The van der Waals surface area contributed by atoms with Gasteiger partial charge in [-0.3, -0.25) is 0 Å². The minimum atomic E-state index is -1.25. The number of carboxylic acid groups (broad SMARTS) is 2. The first-order valence-corrected chi connectivity index (χ1v) is 14.1. The molecule has 0 radical (unpaired) electrons. The van der Waals surface area contributed by atoms with Gasteiger partial charge in [-0.25, -0.2) is 9.97 Å². The summed E-state index contributed by atoms with van der Waals surface area (Å²) in [6, 6.07) is 13.1. The Morgan fingerprint density at radius 2 is 1.12 bits per heavy atom. The number of rotatable bonds is 10. The molecule has 0 fully saturated rings. The van der Waals surface area contributed by atoms with Crippen LogP contribution in [0.3, 0.4) is 0 Å². The minimum absolute atomic E-state index is 0. The molecule has 2 heterocycles. The van der Waals surface area contributed by atoms with Crippen LogP contribution >= 0.6 is 23.5 Å². The molecule has 41 heavy (non-hydrogen) atoms. The second-order valence-electron chi connectivity index (χ2n) is 8.79. The van der Waals surface area contributed by atoms with E-state index in [9.17, 15) is 19.8 Å². The molecule has 4 rings (SSSR count). The molecule has 0 spiro atoms. The second-order valence-corrected chi connectivity index (χ2v) is 10.9. The smallest absolute Gasteiger partial charge is 0.548 e. The number of nitrogens with zero attached hydrogens (tertiary/aromatic N) is 2. The van der Waals surface area contributed by atoms with Crippen molar-refractivity contribution in [3.63, 3.8) is 0 Å². The number of fused-ring (bicyclic) bond motifs is 2. The maximum absolute atomic E-state index is 10.6. The van der Waals surface area contributed by atoms with E-state index in [0.29, 0.717) is 0 Å². The van der Waals surface area contributed by atoms with Crippen molar-refractivity contribution in [3.8, 4) is 11.5 Å². The van der Waals surface area contributed by atoms with Gasteiger partial charge in [-0.15, -0.1) is 23.5 Å². The van der Waals surface area contributed by atoms with Crippen LogP contribution in [-0.4, -0.2) is 59.7 Å². The molecule has 0 amide bonds. The fourth-order valence-electron chi connectivity index (χ4n) is 3.57. The summed E-state index contributed by atoms with van der Waals surface area (Å²) in [7, 11) is 3.24. The number of hydrogen-bond donors (Lipinski definition) is 2. The van der Waals surface area contributed by atoms with Gasteiger partial charge in [0, 0.05) is 22.3 Å². The number of carbonyl (C=O) groups excluding carboxylic acids is 2. The van der Waals surface area contributed by atoms with Gasteiger partial charge in [0.05, 0.1) is 59.3 Å². The van der Waals surface area contributed by atoms with Crippen LogP contribution in [0, 0.1) is 13.8 Å². The van der Waals surface area contributed by atoms with Crippen LogP contribution in [0.15, 0.2) is 58.6 Å². The predicted molar refractivity (Wildman–Crippen MR) is 153 cm³/mol. The monoisotopic (exact) mass is 646 g/mol. The van der Waals surface area contributed by atoms with Crippen LogP contribution in [0.2, 0.25) is 0 Å². The van der Waals surface area contributed by atoms with E-state index < -0.39 is 24.0 Å². The Kier molecular flexibility index (Phi) is 13.3. The van der Waals surface area contributed by atoms with Gasteiger partial charge in [-0.1, -0.05) is 0 Å². The molecule has 10 nitrogen and oxygen atoms in total. The van der Waals surface area contributed by atoms with Crippen molar-refractivity contribution < 1.29 is 48.8 Å². The summed E-state index contributed by atoms with van der Waals surface area (Å²) >= 11 is 2.62. The molecule has 0 aliphatic heterocycles. The third-order valence-electron chi connectivity index (χ3n) is 5.83. The fourth-order valence-corrected chi connectivity index (χ4v) is 5.39. The predicted octanol–water partition coefficient (Wildman–Crippen LogP) is 1.44. The molecule has 0 bridgehead atoms. The third kappa shape index (κ3) is 9.54. The van der Waals surface area contributed by atoms with Gasteiger partial charge in [-0.05, 0) is 73.5 Å². The number of pyridine rings is 2. The average Bonchev–Trinajstić information content (AvgIpc) is 2.94. The first kappa shape index (κ1) is 34.2. The largest absolute Gasteiger partial charge is 2.00 e. The van der Waals surface area contributed by atoms with Crippen molar-refractivity contribution >= 4 is 57.3 Å². The van der Waals surface area contributed by atoms with Crippen molar-refractivity contribution in [1.82, 2.24) is 9.97 Å². The zero-order chi connectivity index (χ0) is 29.4. The summed E-state index contributed by atoms with van der Waals surface area (Å²) in [5.41, 5.74) is 14.6. The Labute approximate surface area is 259 Å². The zero-order valence-electron chi connectivity index (χ0n) is 23.2. The number of aromatic nitrogens is 2. The minimum Gasteiger partial charge on any atom is -0.548 e. The van der Waals surface area contributed by atoms with Gasteiger partial charge in [0.1, 0.15) is 11.5 Å². The Balaban J connectivity index is 0.000000280. The molecule has 0 saturated carbocycles. The van der Waals surface area contributed by atoms with Crippen molar-refractivity contribution in [1.29, 1.82) is 0 Å². The number of carbonyl (C=O) groups is 2. The zero-order valence-corrected chi connectivity index (χ0v) is 27.8. The van der Waals surface area contributed by atoms with E-state index in [4.69, 9.17) is 20.9 Å². The van der Waals surface area contributed by atoms with Crippen molar-refractivity contribution in [3.05, 3.63) is 59.7 Å². The molecular formula is C28H30N4O6S2Zn. The second kappa shape index (κ2) is 15.9. The van der Waals surface area contributed by atoms with Crippen molar-refractivity contribution in [2.75, 3.05) is 25.7 Å². The van der Waals surface area contributed by atoms with Gasteiger partial charge in [0.25, 0.3) is 0 Å². The summed E-state index contributed by atoms with van der Waals surface area (Å²) in [6.45, 7) is 3.96. The molecule has 2 unspecified atom stereocenters. The normalized spacial score (nSPS) is 12.0. The average molecular weight is 648 g/mol. The van der Waals surface area contributed by atoms with E-state index in [1.807, 2.05) is 62.4 Å². The van der Waals surface area contributed by atoms with Gasteiger partial charge in [-0.2, -0.15) is 0 Å². The topological polar surface area (TPSA) is 177 Å². The van der Waals surface area contributed by atoms with Crippen LogP contribution in [0.25, 0.3) is 21.8 Å². The SMILES string of the molecule is COc1ccc2nc(SCC(N)C(=O)[O-])cc(C)c2c1.COc1ccc2nc(SCC(N)C(=O)[O-])cc(C)c2c1.[Zn+2]. The number of carboxylic acids is 2. The van der Waals surface area contributed by atoms with Crippen LogP contribution in [0.1, 0.15) is 11.1 Å². The summed E-state index contributed by atoms with van der Waals surface area (Å²) in [5.74, 6) is -0.476. The number of hydrogen-bond acceptors (Lipinski definition) is 12. The Bertz CT molecular complexity index is 1410. The molecule has 2 atom stereocenters. The van der Waals surface area contributed by atoms with E-state index in [2.05, 4.69) is 9.97 Å². The number of aliphatic carboxylic acids is 2. The first-order valence-electron chi connectivity index (χ1n) is 12.1. The Hall–Kier alpha value is -2.96. The Morgan fingerprint density at radius 3 is 1.44 bits per heavy atom. The maximum Gasteiger partial charge on any atom is 2.00 e. The molecule has 0 saturated heterocycles. The summed E-state index contributed by atoms with van der Waals surface area (Å²) < 4.78 is 10.4. The third-order valence-corrected chi connectivity index (χ3v) is 7.89. The standard InChI is InChI=1S/2C14H16N2O3S.Zn/c2*1-8-5-13(20-7-11(15)14(17)18)16-12-4-3-9(19-2)6-10(8)12;/h2*3-6,11H,7,15H2,1-2H3,(H,17,18);/q;;+2/p-2. The number of thioether (sulfide) groups is 2. The molecule has 4 N–H and O–H groups in total. The van der Waals surface area contributed by atoms with E-state index in [0.717, 1.165) is 54.5 Å². The summed E-state index contributed by atoms with van der Waals surface area (Å²) in [4.78, 5) is 30.1. The Morgan fingerprint density at radius 1 is 0.756 bits per heavy atom. The number of nitrogens with two attached hydrogens (primary N) is 2. The molecule has 0 aliphatic carbocycles. The quantitative estimate of drug-likeness (QED) is 0.187. The number of benzene rings is 2. The van der Waals surface area contributed by atoms with Crippen LogP contribution in [-0.2, 0) is 29.1 Å². The molecule has 212 valence electrons. The van der Waals surface area contributed by atoms with Crippen LogP contribution in [0.4, 0.5) is 0 Å². The molecule has 13 heteroatoms.